The number of hydrogen-bond donors (Lipinski definition) is 1. The zero-order valence-electron chi connectivity index (χ0n) is 15.2. The molecule has 0 unspecified atom stereocenters. The first-order valence-electron chi connectivity index (χ1n) is 8.93. The molecule has 0 saturated heterocycles. The molecule has 1 aromatic heterocycles. The summed E-state index contributed by atoms with van der Waals surface area (Å²) in [5.41, 5.74) is 2.34. The van der Waals surface area contributed by atoms with Crippen molar-refractivity contribution in [2.45, 2.75) is 6.92 Å². The molecular weight excluding hydrogens is 374 g/mol. The van der Waals surface area contributed by atoms with Crippen LogP contribution in [0.1, 0.15) is 6.92 Å². The van der Waals surface area contributed by atoms with Crippen LogP contribution in [0.3, 0.4) is 0 Å². The maximum absolute atomic E-state index is 9.52. The Morgan fingerprint density at radius 2 is 1.71 bits per heavy atom. The fraction of sp³-hybridized carbons (Fsp3) is 0.0870. The minimum Gasteiger partial charge on any atom is -0.508 e. The molecule has 4 aromatic rings. The molecule has 1 heterocycles. The average molecular weight is 392 g/mol. The monoisotopic (exact) mass is 391 g/mol. The van der Waals surface area contributed by atoms with E-state index in [0.29, 0.717) is 23.0 Å². The van der Waals surface area contributed by atoms with Crippen molar-refractivity contribution in [2.75, 3.05) is 6.61 Å². The van der Waals surface area contributed by atoms with Gasteiger partial charge >= 0.3 is 0 Å². The van der Waals surface area contributed by atoms with E-state index in [0.717, 1.165) is 27.7 Å². The summed E-state index contributed by atoms with van der Waals surface area (Å²) in [6.45, 7) is 2.52. The fourth-order valence-corrected chi connectivity index (χ4v) is 3.05. The largest absolute Gasteiger partial charge is 0.508 e. The number of fused-ring (bicyclic) bond motifs is 1. The van der Waals surface area contributed by atoms with Gasteiger partial charge in [-0.05, 0) is 73.7 Å². The SMILES string of the molecule is CCOc1ccc2oc(-c3ccc(Cl)cc3)cc(=Nc3ccc(O)cc3)c2c1. The minimum atomic E-state index is 0.201. The van der Waals surface area contributed by atoms with Gasteiger partial charge in [0.05, 0.1) is 17.7 Å². The van der Waals surface area contributed by atoms with Gasteiger partial charge in [0.1, 0.15) is 22.8 Å². The van der Waals surface area contributed by atoms with Crippen LogP contribution in [0.5, 0.6) is 11.5 Å². The van der Waals surface area contributed by atoms with Crippen molar-refractivity contribution in [3.8, 4) is 22.8 Å². The Bertz CT molecular complexity index is 1180. The molecule has 4 rings (SSSR count). The van der Waals surface area contributed by atoms with Gasteiger partial charge in [0.25, 0.3) is 0 Å². The Balaban J connectivity index is 1.95. The van der Waals surface area contributed by atoms with E-state index in [4.69, 9.17) is 25.7 Å². The number of phenols is 1. The number of ether oxygens (including phenoxy) is 1. The van der Waals surface area contributed by atoms with Gasteiger partial charge in [0.2, 0.25) is 0 Å². The molecule has 28 heavy (non-hydrogen) atoms. The summed E-state index contributed by atoms with van der Waals surface area (Å²) in [6.07, 6.45) is 0. The normalized spacial score (nSPS) is 11.7. The molecule has 0 radical (unpaired) electrons. The van der Waals surface area contributed by atoms with Gasteiger partial charge < -0.3 is 14.3 Å². The first kappa shape index (κ1) is 18.1. The van der Waals surface area contributed by atoms with Crippen molar-refractivity contribution < 1.29 is 14.3 Å². The zero-order valence-corrected chi connectivity index (χ0v) is 16.0. The van der Waals surface area contributed by atoms with Gasteiger partial charge in [0, 0.05) is 22.0 Å². The number of benzene rings is 3. The molecule has 5 heteroatoms. The van der Waals surface area contributed by atoms with Crippen LogP contribution in [0.15, 0.2) is 82.2 Å². The molecular formula is C23H18ClNO3. The number of nitrogens with zero attached hydrogens (tertiary/aromatic N) is 1. The highest BCUT2D eigenvalue weighted by Gasteiger charge is 2.08. The fourth-order valence-electron chi connectivity index (χ4n) is 2.92. The minimum absolute atomic E-state index is 0.201. The Labute approximate surface area is 167 Å². The van der Waals surface area contributed by atoms with Crippen LogP contribution in [0.25, 0.3) is 22.3 Å². The summed E-state index contributed by atoms with van der Waals surface area (Å²) in [6, 6.07) is 21.8. The first-order chi connectivity index (χ1) is 13.6. The van der Waals surface area contributed by atoms with Crippen LogP contribution in [0.4, 0.5) is 5.69 Å². The summed E-state index contributed by atoms with van der Waals surface area (Å²) in [4.78, 5) is 4.76. The number of phenolic OH excluding ortho intramolecular Hbond substituents is 1. The summed E-state index contributed by atoms with van der Waals surface area (Å²) >= 11 is 6.01. The van der Waals surface area contributed by atoms with Gasteiger partial charge in [-0.3, -0.25) is 0 Å². The highest BCUT2D eigenvalue weighted by atomic mass is 35.5. The molecule has 0 atom stereocenters. The number of halogens is 1. The molecule has 0 aliphatic rings. The van der Waals surface area contributed by atoms with Crippen molar-refractivity contribution in [2.24, 2.45) is 4.99 Å². The zero-order chi connectivity index (χ0) is 19.5. The van der Waals surface area contributed by atoms with Crippen LogP contribution < -0.4 is 10.1 Å². The van der Waals surface area contributed by atoms with Gasteiger partial charge in [-0.15, -0.1) is 0 Å². The van der Waals surface area contributed by atoms with Crippen molar-refractivity contribution in [3.63, 3.8) is 0 Å². The summed E-state index contributed by atoms with van der Waals surface area (Å²) in [5.74, 6) is 1.64. The third-order valence-electron chi connectivity index (χ3n) is 4.25. The number of rotatable bonds is 4. The lowest BCUT2D eigenvalue weighted by atomic mass is 10.1. The molecule has 3 aromatic carbocycles. The van der Waals surface area contributed by atoms with E-state index in [1.165, 1.54) is 0 Å². The maximum Gasteiger partial charge on any atom is 0.137 e. The summed E-state index contributed by atoms with van der Waals surface area (Å²) < 4.78 is 11.8. The molecule has 1 N–H and O–H groups in total. The molecule has 0 fully saturated rings. The van der Waals surface area contributed by atoms with E-state index < -0.39 is 0 Å². The lowest BCUT2D eigenvalue weighted by Crippen LogP contribution is -2.04. The Morgan fingerprint density at radius 1 is 0.964 bits per heavy atom. The van der Waals surface area contributed by atoms with E-state index in [2.05, 4.69) is 0 Å². The standard InChI is InChI=1S/C23H18ClNO3/c1-2-27-19-11-12-22-20(13-19)21(25-17-7-9-18(26)10-8-17)14-23(28-22)15-3-5-16(24)6-4-15/h3-14,26H,2H2,1H3. The molecule has 0 spiro atoms. The third-order valence-corrected chi connectivity index (χ3v) is 4.51. The molecule has 0 aliphatic heterocycles. The lowest BCUT2D eigenvalue weighted by molar-refractivity contribution is 0.340. The number of hydrogen-bond acceptors (Lipinski definition) is 4. The second kappa shape index (κ2) is 7.79. The van der Waals surface area contributed by atoms with Crippen LogP contribution in [-0.2, 0) is 0 Å². The molecule has 0 bridgehead atoms. The summed E-state index contributed by atoms with van der Waals surface area (Å²) in [5, 5.41) is 11.8. The third kappa shape index (κ3) is 3.87. The van der Waals surface area contributed by atoms with Crippen molar-refractivity contribution in [1.29, 1.82) is 0 Å². The van der Waals surface area contributed by atoms with E-state index in [1.807, 2.05) is 55.5 Å². The van der Waals surface area contributed by atoms with E-state index >= 15 is 0 Å². The van der Waals surface area contributed by atoms with Gasteiger partial charge in [-0.2, -0.15) is 0 Å². The van der Waals surface area contributed by atoms with Gasteiger partial charge in [0.15, 0.2) is 0 Å². The second-order valence-corrected chi connectivity index (χ2v) is 6.66. The molecule has 0 saturated carbocycles. The highest BCUT2D eigenvalue weighted by Crippen LogP contribution is 2.26. The smallest absolute Gasteiger partial charge is 0.137 e. The second-order valence-electron chi connectivity index (χ2n) is 6.22. The Morgan fingerprint density at radius 3 is 2.43 bits per heavy atom. The Hall–Kier alpha value is -3.24. The first-order valence-corrected chi connectivity index (χ1v) is 9.30. The van der Waals surface area contributed by atoms with E-state index in [-0.39, 0.29) is 5.75 Å². The van der Waals surface area contributed by atoms with E-state index in [9.17, 15) is 5.11 Å². The van der Waals surface area contributed by atoms with Crippen LogP contribution >= 0.6 is 11.6 Å². The highest BCUT2D eigenvalue weighted by molar-refractivity contribution is 6.30. The predicted octanol–water partition coefficient (Wildman–Crippen LogP) is 6.09. The van der Waals surface area contributed by atoms with E-state index in [1.54, 1.807) is 24.3 Å². The molecule has 140 valence electrons. The Kier molecular flexibility index (Phi) is 5.04. The predicted molar refractivity (Wildman–Crippen MR) is 111 cm³/mol. The maximum atomic E-state index is 9.52. The number of aromatic hydroxyl groups is 1. The summed E-state index contributed by atoms with van der Waals surface area (Å²) in [7, 11) is 0. The topological polar surface area (TPSA) is 55.0 Å². The molecule has 4 nitrogen and oxygen atoms in total. The van der Waals surface area contributed by atoms with Gasteiger partial charge in [-0.1, -0.05) is 11.6 Å². The van der Waals surface area contributed by atoms with Crippen molar-refractivity contribution in [1.82, 2.24) is 0 Å². The quantitative estimate of drug-likeness (QED) is 0.458. The van der Waals surface area contributed by atoms with Crippen LogP contribution in [0, 0.1) is 0 Å². The lowest BCUT2D eigenvalue weighted by Gasteiger charge is -2.08. The molecule has 0 amide bonds. The van der Waals surface area contributed by atoms with Crippen molar-refractivity contribution in [3.05, 3.63) is 83.2 Å². The van der Waals surface area contributed by atoms with Crippen LogP contribution in [-0.4, -0.2) is 11.7 Å². The van der Waals surface area contributed by atoms with Gasteiger partial charge in [-0.25, -0.2) is 4.99 Å². The average Bonchev–Trinajstić information content (AvgIpc) is 2.70. The molecule has 0 aliphatic carbocycles. The van der Waals surface area contributed by atoms with Crippen molar-refractivity contribution >= 4 is 28.3 Å². The van der Waals surface area contributed by atoms with Crippen LogP contribution in [0.2, 0.25) is 5.02 Å².